The van der Waals surface area contributed by atoms with Gasteiger partial charge < -0.3 is 19.7 Å². The van der Waals surface area contributed by atoms with Crippen LogP contribution >= 0.6 is 11.6 Å². The fourth-order valence-corrected chi connectivity index (χ4v) is 4.43. The molecule has 0 aromatic heterocycles. The molecule has 0 radical (unpaired) electrons. The standard InChI is InChI=1S/C27H31ClO4/c1-4-22(18-10-8-7-9-11-18)25(19-12-14-20(28)15-13-19)27(30)26-23(29)16-21(31-5-2)17-24(26)32-6-3/h7-17,22,25,27,29-30H,4-6H2,1-3H3/t22?,25-,27+/m1/s1. The van der Waals surface area contributed by atoms with Gasteiger partial charge in [0, 0.05) is 23.1 Å². The van der Waals surface area contributed by atoms with Gasteiger partial charge in [0.1, 0.15) is 17.2 Å². The van der Waals surface area contributed by atoms with Crippen LogP contribution < -0.4 is 9.47 Å². The first kappa shape index (κ1) is 24.0. The van der Waals surface area contributed by atoms with E-state index in [0.717, 1.165) is 17.5 Å². The summed E-state index contributed by atoms with van der Waals surface area (Å²) < 4.78 is 11.4. The minimum Gasteiger partial charge on any atom is -0.507 e. The number of phenols is 1. The lowest BCUT2D eigenvalue weighted by Crippen LogP contribution is -2.20. The number of benzene rings is 3. The highest BCUT2D eigenvalue weighted by Crippen LogP contribution is 2.49. The summed E-state index contributed by atoms with van der Waals surface area (Å²) in [7, 11) is 0. The van der Waals surface area contributed by atoms with Crippen LogP contribution in [-0.2, 0) is 0 Å². The molecule has 170 valence electrons. The number of ether oxygens (including phenoxy) is 2. The van der Waals surface area contributed by atoms with Crippen LogP contribution in [0.5, 0.6) is 17.2 Å². The van der Waals surface area contributed by atoms with Crippen molar-refractivity contribution in [2.75, 3.05) is 13.2 Å². The predicted molar refractivity (Wildman–Crippen MR) is 129 cm³/mol. The highest BCUT2D eigenvalue weighted by atomic mass is 35.5. The van der Waals surface area contributed by atoms with Crippen molar-refractivity contribution in [3.63, 3.8) is 0 Å². The van der Waals surface area contributed by atoms with Crippen molar-refractivity contribution in [3.05, 3.63) is 88.4 Å². The Bertz CT molecular complexity index is 989. The van der Waals surface area contributed by atoms with Gasteiger partial charge in [-0.1, -0.05) is 61.0 Å². The molecule has 5 heteroatoms. The Kier molecular flexibility index (Phi) is 8.43. The van der Waals surface area contributed by atoms with Gasteiger partial charge in [0.25, 0.3) is 0 Å². The van der Waals surface area contributed by atoms with E-state index >= 15 is 0 Å². The van der Waals surface area contributed by atoms with Crippen LogP contribution in [0.3, 0.4) is 0 Å². The normalized spacial score (nSPS) is 13.9. The molecule has 0 spiro atoms. The second-order valence-corrected chi connectivity index (χ2v) is 8.10. The molecule has 0 bridgehead atoms. The van der Waals surface area contributed by atoms with Gasteiger partial charge in [-0.25, -0.2) is 0 Å². The number of rotatable bonds is 10. The third-order valence-corrected chi connectivity index (χ3v) is 5.95. The van der Waals surface area contributed by atoms with Gasteiger partial charge in [0.2, 0.25) is 0 Å². The highest BCUT2D eigenvalue weighted by molar-refractivity contribution is 6.30. The molecule has 0 aliphatic rings. The molecule has 3 atom stereocenters. The topological polar surface area (TPSA) is 58.9 Å². The summed E-state index contributed by atoms with van der Waals surface area (Å²) in [5.74, 6) is 0.553. The fraction of sp³-hybridized carbons (Fsp3) is 0.333. The number of aliphatic hydroxyl groups is 1. The smallest absolute Gasteiger partial charge is 0.132 e. The average molecular weight is 455 g/mol. The van der Waals surface area contributed by atoms with E-state index in [0.29, 0.717) is 35.3 Å². The van der Waals surface area contributed by atoms with Gasteiger partial charge in [0.05, 0.1) is 24.9 Å². The quantitative estimate of drug-likeness (QED) is 0.351. The molecule has 0 heterocycles. The van der Waals surface area contributed by atoms with Gasteiger partial charge in [-0.05, 0) is 49.4 Å². The Morgan fingerprint density at radius 2 is 1.50 bits per heavy atom. The van der Waals surface area contributed by atoms with Crippen molar-refractivity contribution in [3.8, 4) is 17.2 Å². The maximum Gasteiger partial charge on any atom is 0.132 e. The van der Waals surface area contributed by atoms with Gasteiger partial charge in [-0.3, -0.25) is 0 Å². The molecule has 4 nitrogen and oxygen atoms in total. The lowest BCUT2D eigenvalue weighted by atomic mass is 9.74. The number of phenolic OH excluding ortho intramolecular Hbond substituents is 1. The monoisotopic (exact) mass is 454 g/mol. The first-order valence-corrected chi connectivity index (χ1v) is 11.5. The fourth-order valence-electron chi connectivity index (χ4n) is 4.31. The first-order chi connectivity index (χ1) is 15.5. The van der Waals surface area contributed by atoms with Crippen molar-refractivity contribution < 1.29 is 19.7 Å². The third kappa shape index (κ3) is 5.37. The third-order valence-electron chi connectivity index (χ3n) is 5.70. The lowest BCUT2D eigenvalue weighted by molar-refractivity contribution is 0.122. The molecule has 0 saturated heterocycles. The largest absolute Gasteiger partial charge is 0.507 e. The molecular weight excluding hydrogens is 424 g/mol. The van der Waals surface area contributed by atoms with E-state index in [1.165, 1.54) is 6.07 Å². The minimum absolute atomic E-state index is 0.00724. The number of hydrogen-bond donors (Lipinski definition) is 2. The predicted octanol–water partition coefficient (Wildman–Crippen LogP) is 6.85. The maximum atomic E-state index is 11.8. The molecule has 0 amide bonds. The number of halogens is 1. The summed E-state index contributed by atoms with van der Waals surface area (Å²) in [6, 6.07) is 20.9. The summed E-state index contributed by atoms with van der Waals surface area (Å²) in [6.07, 6.45) is -0.214. The molecule has 2 N–H and O–H groups in total. The summed E-state index contributed by atoms with van der Waals surface area (Å²) in [5, 5.41) is 23.3. The second-order valence-electron chi connectivity index (χ2n) is 7.67. The number of aliphatic hydroxyl groups excluding tert-OH is 1. The Balaban J connectivity index is 2.15. The zero-order valence-electron chi connectivity index (χ0n) is 18.8. The molecule has 0 saturated carbocycles. The van der Waals surface area contributed by atoms with Gasteiger partial charge in [-0.15, -0.1) is 0 Å². The summed E-state index contributed by atoms with van der Waals surface area (Å²) in [4.78, 5) is 0. The van der Waals surface area contributed by atoms with E-state index in [2.05, 4.69) is 19.1 Å². The number of aromatic hydroxyl groups is 1. The lowest BCUT2D eigenvalue weighted by Gasteiger charge is -2.33. The molecule has 0 aliphatic heterocycles. The maximum absolute atomic E-state index is 11.8. The van der Waals surface area contributed by atoms with Crippen LogP contribution in [0.1, 0.15) is 61.8 Å². The van der Waals surface area contributed by atoms with Crippen molar-refractivity contribution in [2.24, 2.45) is 0 Å². The van der Waals surface area contributed by atoms with Crippen LogP contribution in [-0.4, -0.2) is 23.4 Å². The molecular formula is C27H31ClO4. The van der Waals surface area contributed by atoms with E-state index in [-0.39, 0.29) is 17.6 Å². The van der Waals surface area contributed by atoms with Crippen molar-refractivity contribution >= 4 is 11.6 Å². The van der Waals surface area contributed by atoms with Crippen LogP contribution in [0.25, 0.3) is 0 Å². The Morgan fingerprint density at radius 1 is 0.844 bits per heavy atom. The van der Waals surface area contributed by atoms with E-state index in [1.54, 1.807) is 6.07 Å². The molecule has 3 aromatic rings. The molecule has 3 aromatic carbocycles. The van der Waals surface area contributed by atoms with Crippen molar-refractivity contribution in [2.45, 2.75) is 45.1 Å². The zero-order valence-corrected chi connectivity index (χ0v) is 19.5. The molecule has 0 aliphatic carbocycles. The average Bonchev–Trinajstić information content (AvgIpc) is 2.79. The summed E-state index contributed by atoms with van der Waals surface area (Å²) in [5.41, 5.74) is 2.43. The van der Waals surface area contributed by atoms with E-state index in [4.69, 9.17) is 21.1 Å². The van der Waals surface area contributed by atoms with E-state index in [1.807, 2.05) is 56.3 Å². The van der Waals surface area contributed by atoms with Crippen molar-refractivity contribution in [1.82, 2.24) is 0 Å². The van der Waals surface area contributed by atoms with E-state index in [9.17, 15) is 10.2 Å². The van der Waals surface area contributed by atoms with E-state index < -0.39 is 6.10 Å². The summed E-state index contributed by atoms with van der Waals surface area (Å²) >= 11 is 6.15. The van der Waals surface area contributed by atoms with Crippen LogP contribution in [0.2, 0.25) is 5.02 Å². The van der Waals surface area contributed by atoms with Gasteiger partial charge in [-0.2, -0.15) is 0 Å². The second kappa shape index (κ2) is 11.3. The van der Waals surface area contributed by atoms with Crippen molar-refractivity contribution in [1.29, 1.82) is 0 Å². The van der Waals surface area contributed by atoms with Crippen LogP contribution in [0, 0.1) is 0 Å². The van der Waals surface area contributed by atoms with Gasteiger partial charge in [0.15, 0.2) is 0 Å². The Labute approximate surface area is 195 Å². The molecule has 0 fully saturated rings. The first-order valence-electron chi connectivity index (χ1n) is 11.1. The van der Waals surface area contributed by atoms with Gasteiger partial charge >= 0.3 is 0 Å². The van der Waals surface area contributed by atoms with Crippen LogP contribution in [0.15, 0.2) is 66.7 Å². The summed E-state index contributed by atoms with van der Waals surface area (Å²) in [6.45, 7) is 6.72. The Hall–Kier alpha value is -2.69. The zero-order chi connectivity index (χ0) is 23.1. The molecule has 3 rings (SSSR count). The molecule has 1 unspecified atom stereocenters. The SMILES string of the molecule is CCOc1cc(O)c([C@@H](O)[C@H](c2ccc(Cl)cc2)C(CC)c2ccccc2)c(OCC)c1. The minimum atomic E-state index is -1.02. The Morgan fingerprint density at radius 3 is 2.09 bits per heavy atom. The highest BCUT2D eigenvalue weighted by Gasteiger charge is 2.34. The van der Waals surface area contributed by atoms with Crippen LogP contribution in [0.4, 0.5) is 0 Å². The number of hydrogen-bond acceptors (Lipinski definition) is 4. The molecule has 32 heavy (non-hydrogen) atoms.